The van der Waals surface area contributed by atoms with Gasteiger partial charge in [0.1, 0.15) is 5.82 Å². The molecule has 0 aromatic carbocycles. The molecule has 0 unspecified atom stereocenters. The van der Waals surface area contributed by atoms with Crippen LogP contribution in [0.1, 0.15) is 19.4 Å². The summed E-state index contributed by atoms with van der Waals surface area (Å²) in [4.78, 5) is 4.19. The normalized spacial score (nSPS) is 9.36. The van der Waals surface area contributed by atoms with Gasteiger partial charge in [0, 0.05) is 12.4 Å². The number of nitrogens with zero attached hydrogens (tertiary/aromatic N) is 2. The second-order valence-corrected chi connectivity index (χ2v) is 3.27. The number of rotatable bonds is 3. The van der Waals surface area contributed by atoms with Crippen LogP contribution in [0.15, 0.2) is 36.7 Å². The lowest BCUT2D eigenvalue weighted by Crippen LogP contribution is -2.25. The van der Waals surface area contributed by atoms with Gasteiger partial charge in [-0.05, 0) is 31.5 Å². The maximum absolute atomic E-state index is 5.76. The highest BCUT2D eigenvalue weighted by atomic mass is 15.4. The smallest absolute Gasteiger partial charge is 0.146 e. The first-order chi connectivity index (χ1) is 6.63. The van der Waals surface area contributed by atoms with Gasteiger partial charge in [0.05, 0.1) is 0 Å². The van der Waals surface area contributed by atoms with Crippen LogP contribution in [0.5, 0.6) is 0 Å². The molecule has 0 spiro atoms. The molecule has 0 amide bonds. The molecule has 0 radical (unpaired) electrons. The van der Waals surface area contributed by atoms with Crippen molar-refractivity contribution in [1.29, 1.82) is 0 Å². The van der Waals surface area contributed by atoms with Gasteiger partial charge in [-0.2, -0.15) is 0 Å². The first-order valence-electron chi connectivity index (χ1n) is 4.41. The van der Waals surface area contributed by atoms with Crippen LogP contribution in [0.25, 0.3) is 6.08 Å². The zero-order valence-electron chi connectivity index (χ0n) is 8.57. The quantitative estimate of drug-likeness (QED) is 0.586. The Morgan fingerprint density at radius 3 is 2.64 bits per heavy atom. The van der Waals surface area contributed by atoms with E-state index in [4.69, 9.17) is 5.84 Å². The van der Waals surface area contributed by atoms with Gasteiger partial charge in [-0.25, -0.2) is 10.8 Å². The number of aromatic nitrogens is 1. The minimum Gasteiger partial charge on any atom is -0.270 e. The zero-order chi connectivity index (χ0) is 10.6. The van der Waals surface area contributed by atoms with E-state index in [2.05, 4.69) is 11.6 Å². The summed E-state index contributed by atoms with van der Waals surface area (Å²) in [6, 6.07) is 3.78. The van der Waals surface area contributed by atoms with Crippen LogP contribution in [0.2, 0.25) is 0 Å². The van der Waals surface area contributed by atoms with Crippen LogP contribution < -0.4 is 10.9 Å². The Labute approximate surface area is 84.5 Å². The molecule has 1 aromatic heterocycles. The minimum atomic E-state index is 0.719. The lowest BCUT2D eigenvalue weighted by molar-refractivity contribution is 1.01. The summed E-state index contributed by atoms with van der Waals surface area (Å²) in [6.07, 6.45) is 5.31. The summed E-state index contributed by atoms with van der Waals surface area (Å²) in [5.74, 6) is 6.48. The van der Waals surface area contributed by atoms with Crippen molar-refractivity contribution in [2.24, 2.45) is 5.84 Å². The van der Waals surface area contributed by atoms with Gasteiger partial charge in [0.2, 0.25) is 0 Å². The van der Waals surface area contributed by atoms with E-state index >= 15 is 0 Å². The monoisotopic (exact) mass is 189 g/mol. The average molecular weight is 189 g/mol. The summed E-state index contributed by atoms with van der Waals surface area (Å²) in [7, 11) is 0. The molecule has 0 fully saturated rings. The van der Waals surface area contributed by atoms with E-state index in [9.17, 15) is 0 Å². The van der Waals surface area contributed by atoms with Crippen molar-refractivity contribution >= 4 is 11.9 Å². The van der Waals surface area contributed by atoms with Crippen molar-refractivity contribution in [1.82, 2.24) is 4.98 Å². The summed E-state index contributed by atoms with van der Waals surface area (Å²) >= 11 is 0. The van der Waals surface area contributed by atoms with E-state index in [1.165, 1.54) is 5.01 Å². The molecule has 0 saturated heterocycles. The Morgan fingerprint density at radius 2 is 2.21 bits per heavy atom. The lowest BCUT2D eigenvalue weighted by atomic mass is 10.3. The van der Waals surface area contributed by atoms with E-state index in [1.807, 2.05) is 32.2 Å². The van der Waals surface area contributed by atoms with E-state index in [0.29, 0.717) is 0 Å². The molecule has 2 N–H and O–H groups in total. The van der Waals surface area contributed by atoms with E-state index in [1.54, 1.807) is 12.3 Å². The van der Waals surface area contributed by atoms with Gasteiger partial charge in [0.25, 0.3) is 0 Å². The molecule has 3 nitrogen and oxygen atoms in total. The SMILES string of the molecule is C=Cc1ccc(N(N)C=C(C)C)nc1. The van der Waals surface area contributed by atoms with Gasteiger partial charge in [-0.1, -0.05) is 18.2 Å². The van der Waals surface area contributed by atoms with Crippen LogP contribution in [0, 0.1) is 0 Å². The predicted octanol–water partition coefficient (Wildman–Crippen LogP) is 2.33. The largest absolute Gasteiger partial charge is 0.270 e. The molecule has 0 saturated carbocycles. The maximum Gasteiger partial charge on any atom is 0.146 e. The number of nitrogens with two attached hydrogens (primary N) is 1. The molecule has 1 aromatic rings. The fourth-order valence-corrected chi connectivity index (χ4v) is 1.02. The van der Waals surface area contributed by atoms with Crippen molar-refractivity contribution in [3.05, 3.63) is 42.2 Å². The van der Waals surface area contributed by atoms with Crippen LogP contribution in [0.4, 0.5) is 5.82 Å². The fraction of sp³-hybridized carbons (Fsp3) is 0.182. The first kappa shape index (κ1) is 10.5. The summed E-state index contributed by atoms with van der Waals surface area (Å²) in [6.45, 7) is 7.63. The number of hydrazine groups is 1. The van der Waals surface area contributed by atoms with Crippen LogP contribution in [-0.2, 0) is 0 Å². The Kier molecular flexibility index (Phi) is 3.42. The molecule has 3 heteroatoms. The zero-order valence-corrected chi connectivity index (χ0v) is 8.57. The Hall–Kier alpha value is -1.61. The Bertz CT molecular complexity index is 334. The van der Waals surface area contributed by atoms with Crippen molar-refractivity contribution in [3.63, 3.8) is 0 Å². The lowest BCUT2D eigenvalue weighted by Gasteiger charge is -2.12. The van der Waals surface area contributed by atoms with E-state index < -0.39 is 0 Å². The third-order valence-electron chi connectivity index (χ3n) is 1.67. The number of hydrogen-bond acceptors (Lipinski definition) is 3. The number of allylic oxidation sites excluding steroid dienone is 1. The van der Waals surface area contributed by atoms with Crippen molar-refractivity contribution in [3.8, 4) is 0 Å². The number of hydrogen-bond donors (Lipinski definition) is 1. The summed E-state index contributed by atoms with van der Waals surface area (Å²) < 4.78 is 0. The number of pyridine rings is 1. The molecular formula is C11H15N3. The molecule has 1 heterocycles. The Morgan fingerprint density at radius 1 is 1.50 bits per heavy atom. The van der Waals surface area contributed by atoms with Gasteiger partial charge < -0.3 is 0 Å². The molecule has 0 aliphatic carbocycles. The molecule has 0 aliphatic rings. The summed E-state index contributed by atoms with van der Waals surface area (Å²) in [5, 5.41) is 1.50. The highest BCUT2D eigenvalue weighted by Crippen LogP contribution is 2.09. The van der Waals surface area contributed by atoms with E-state index in [0.717, 1.165) is 17.0 Å². The second-order valence-electron chi connectivity index (χ2n) is 3.27. The topological polar surface area (TPSA) is 42.1 Å². The third kappa shape index (κ3) is 2.71. The van der Waals surface area contributed by atoms with Crippen LogP contribution in [0.3, 0.4) is 0 Å². The third-order valence-corrected chi connectivity index (χ3v) is 1.67. The fourth-order valence-electron chi connectivity index (χ4n) is 1.02. The average Bonchev–Trinajstić information content (AvgIpc) is 2.17. The Balaban J connectivity index is 2.86. The molecule has 0 aliphatic heterocycles. The standard InChI is InChI=1S/C11H15N3/c1-4-10-5-6-11(13-7-10)14(12)8-9(2)3/h4-8H,1,12H2,2-3H3. The van der Waals surface area contributed by atoms with Gasteiger partial charge in [-0.3, -0.25) is 5.01 Å². The molecule has 74 valence electrons. The molecule has 0 atom stereocenters. The minimum absolute atomic E-state index is 0.719. The van der Waals surface area contributed by atoms with Gasteiger partial charge in [-0.15, -0.1) is 0 Å². The van der Waals surface area contributed by atoms with Crippen molar-refractivity contribution in [2.45, 2.75) is 13.8 Å². The highest BCUT2D eigenvalue weighted by Gasteiger charge is 1.98. The second kappa shape index (κ2) is 4.58. The van der Waals surface area contributed by atoms with Crippen molar-refractivity contribution in [2.75, 3.05) is 5.01 Å². The van der Waals surface area contributed by atoms with Gasteiger partial charge in [0.15, 0.2) is 0 Å². The highest BCUT2D eigenvalue weighted by molar-refractivity contribution is 5.50. The van der Waals surface area contributed by atoms with Crippen molar-refractivity contribution < 1.29 is 0 Å². The molecule has 0 bridgehead atoms. The molecular weight excluding hydrogens is 174 g/mol. The van der Waals surface area contributed by atoms with Crippen LogP contribution in [-0.4, -0.2) is 4.98 Å². The predicted molar refractivity (Wildman–Crippen MR) is 60.4 cm³/mol. The first-order valence-corrected chi connectivity index (χ1v) is 4.41. The molecule has 1 rings (SSSR count). The maximum atomic E-state index is 5.76. The van der Waals surface area contributed by atoms with Gasteiger partial charge >= 0.3 is 0 Å². The van der Waals surface area contributed by atoms with E-state index in [-0.39, 0.29) is 0 Å². The molecule has 14 heavy (non-hydrogen) atoms. The number of anilines is 1. The van der Waals surface area contributed by atoms with Crippen LogP contribution >= 0.6 is 0 Å². The summed E-state index contributed by atoms with van der Waals surface area (Å²) in [5.41, 5.74) is 2.11.